The number of carbonyl (C=O) groups excluding carboxylic acids is 2. The Morgan fingerprint density at radius 1 is 0.611 bits per heavy atom. The molecule has 7 rings (SSSR count). The summed E-state index contributed by atoms with van der Waals surface area (Å²) in [6, 6.07) is 26.4. The number of aromatic nitrogens is 5. The summed E-state index contributed by atoms with van der Waals surface area (Å²) < 4.78 is 25.2. The van der Waals surface area contributed by atoms with Gasteiger partial charge in [-0.3, -0.25) is 29.6 Å². The summed E-state index contributed by atoms with van der Waals surface area (Å²) in [4.78, 5) is 52.8. The standard InChI is InChI=1S/C37H27N7O10/c1-51-26-12-14-32-28(18-26)34(39-41(32)20-22-6-3-8-24(16-22)43(47)48)53-36(45)30-10-5-11-31(38-30)37(46)54-35-29-19-27(52-2)13-15-33(29)42(40-35)21-23-7-4-9-25(17-23)44(49)50/h3-19H,20-21H2,1-2H3. The van der Waals surface area contributed by atoms with Gasteiger partial charge in [0.2, 0.25) is 11.8 Å². The van der Waals surface area contributed by atoms with Crippen LogP contribution in [-0.4, -0.2) is 60.5 Å². The number of nitrogens with zero attached hydrogens (tertiary/aromatic N) is 7. The van der Waals surface area contributed by atoms with Crippen molar-refractivity contribution in [2.24, 2.45) is 0 Å². The van der Waals surface area contributed by atoms with E-state index in [0.717, 1.165) is 0 Å². The number of fused-ring (bicyclic) bond motifs is 2. The molecule has 54 heavy (non-hydrogen) atoms. The molecule has 0 bridgehead atoms. The molecule has 17 heteroatoms. The van der Waals surface area contributed by atoms with E-state index >= 15 is 0 Å². The molecule has 0 unspecified atom stereocenters. The number of hydrogen-bond donors (Lipinski definition) is 0. The van der Waals surface area contributed by atoms with Gasteiger partial charge in [-0.2, -0.15) is 0 Å². The number of rotatable bonds is 12. The van der Waals surface area contributed by atoms with Crippen LogP contribution >= 0.6 is 0 Å². The lowest BCUT2D eigenvalue weighted by molar-refractivity contribution is -0.385. The van der Waals surface area contributed by atoms with Crippen LogP contribution in [0.1, 0.15) is 32.1 Å². The summed E-state index contributed by atoms with van der Waals surface area (Å²) in [5.41, 5.74) is 1.69. The number of hydrogen-bond acceptors (Lipinski definition) is 13. The van der Waals surface area contributed by atoms with Crippen LogP contribution in [0.15, 0.2) is 103 Å². The van der Waals surface area contributed by atoms with E-state index in [1.807, 2.05) is 0 Å². The molecule has 0 spiro atoms. The van der Waals surface area contributed by atoms with Crippen molar-refractivity contribution in [2.45, 2.75) is 13.1 Å². The summed E-state index contributed by atoms with van der Waals surface area (Å²) in [5, 5.41) is 32.4. The van der Waals surface area contributed by atoms with Crippen molar-refractivity contribution in [1.29, 1.82) is 0 Å². The van der Waals surface area contributed by atoms with Gasteiger partial charge in [-0.15, -0.1) is 10.2 Å². The molecule has 0 aliphatic heterocycles. The molecule has 0 radical (unpaired) electrons. The van der Waals surface area contributed by atoms with E-state index in [9.17, 15) is 29.8 Å². The molecule has 0 atom stereocenters. The van der Waals surface area contributed by atoms with Crippen LogP contribution in [0, 0.1) is 20.2 Å². The molecule has 0 amide bonds. The second-order valence-corrected chi connectivity index (χ2v) is 11.7. The highest BCUT2D eigenvalue weighted by Gasteiger charge is 2.23. The Morgan fingerprint density at radius 2 is 1.04 bits per heavy atom. The predicted octanol–water partition coefficient (Wildman–Crippen LogP) is 6.15. The molecule has 0 saturated carbocycles. The summed E-state index contributed by atoms with van der Waals surface area (Å²) in [5.74, 6) is -1.07. The zero-order valence-electron chi connectivity index (χ0n) is 28.4. The molecular formula is C37H27N7O10. The number of benzene rings is 4. The van der Waals surface area contributed by atoms with Crippen LogP contribution in [-0.2, 0) is 13.1 Å². The highest BCUT2D eigenvalue weighted by Crippen LogP contribution is 2.32. The largest absolute Gasteiger partial charge is 0.497 e. The maximum absolute atomic E-state index is 13.5. The second kappa shape index (κ2) is 14.5. The third-order valence-electron chi connectivity index (χ3n) is 8.30. The van der Waals surface area contributed by atoms with Crippen molar-refractivity contribution < 1.29 is 38.4 Å². The highest BCUT2D eigenvalue weighted by molar-refractivity contribution is 5.96. The lowest BCUT2D eigenvalue weighted by atomic mass is 10.2. The normalized spacial score (nSPS) is 11.0. The number of carbonyl (C=O) groups is 2. The lowest BCUT2D eigenvalue weighted by Crippen LogP contribution is -2.16. The van der Waals surface area contributed by atoms with Gasteiger partial charge in [-0.05, 0) is 59.7 Å². The fourth-order valence-electron chi connectivity index (χ4n) is 5.73. The third-order valence-corrected chi connectivity index (χ3v) is 8.30. The molecule has 0 aliphatic carbocycles. The van der Waals surface area contributed by atoms with Crippen molar-refractivity contribution in [3.63, 3.8) is 0 Å². The predicted molar refractivity (Wildman–Crippen MR) is 191 cm³/mol. The number of nitro benzene ring substituents is 2. The van der Waals surface area contributed by atoms with Crippen LogP contribution in [0.2, 0.25) is 0 Å². The fraction of sp³-hybridized carbons (Fsp3) is 0.108. The zero-order valence-corrected chi connectivity index (χ0v) is 28.4. The maximum Gasteiger partial charge on any atom is 0.363 e. The van der Waals surface area contributed by atoms with Crippen LogP contribution in [0.4, 0.5) is 11.4 Å². The molecule has 270 valence electrons. The maximum atomic E-state index is 13.5. The number of esters is 2. The summed E-state index contributed by atoms with van der Waals surface area (Å²) in [6.07, 6.45) is 0. The Balaban J connectivity index is 1.15. The van der Waals surface area contributed by atoms with Crippen LogP contribution in [0.3, 0.4) is 0 Å². The van der Waals surface area contributed by atoms with Gasteiger partial charge in [0.25, 0.3) is 11.4 Å². The number of methoxy groups -OCH3 is 2. The van der Waals surface area contributed by atoms with Crippen molar-refractivity contribution in [1.82, 2.24) is 24.5 Å². The topological polar surface area (TPSA) is 206 Å². The molecule has 3 heterocycles. The minimum atomic E-state index is -0.925. The summed E-state index contributed by atoms with van der Waals surface area (Å²) in [6.45, 7) is 0.256. The van der Waals surface area contributed by atoms with E-state index in [4.69, 9.17) is 18.9 Å². The Hall–Kier alpha value is -7.69. The Labute approximate surface area is 304 Å². The van der Waals surface area contributed by atoms with E-state index < -0.39 is 21.8 Å². The number of non-ortho nitro benzene ring substituents is 2. The number of nitro groups is 2. The SMILES string of the molecule is COc1ccc2c(c1)c(OC(=O)c1cccc(C(=O)Oc3nn(Cc4cccc([N+](=O)[O-])c4)c4ccc(OC)cc34)n1)nn2Cc1cccc([N+](=O)[O-])c1. The average molecular weight is 730 g/mol. The minimum Gasteiger partial charge on any atom is -0.497 e. The monoisotopic (exact) mass is 729 g/mol. The molecule has 17 nitrogen and oxygen atoms in total. The molecule has 0 fully saturated rings. The molecule has 0 aliphatic rings. The third kappa shape index (κ3) is 7.09. The first kappa shape index (κ1) is 34.7. The van der Waals surface area contributed by atoms with Gasteiger partial charge < -0.3 is 18.9 Å². The van der Waals surface area contributed by atoms with E-state index in [0.29, 0.717) is 44.4 Å². The molecule has 3 aromatic heterocycles. The van der Waals surface area contributed by atoms with Crippen LogP contribution < -0.4 is 18.9 Å². The van der Waals surface area contributed by atoms with Gasteiger partial charge >= 0.3 is 11.9 Å². The van der Waals surface area contributed by atoms with Gasteiger partial charge in [-0.25, -0.2) is 14.6 Å². The Bertz CT molecular complexity index is 2440. The van der Waals surface area contributed by atoms with Crippen molar-refractivity contribution in [3.05, 3.63) is 146 Å². The van der Waals surface area contributed by atoms with Gasteiger partial charge in [-0.1, -0.05) is 30.3 Å². The molecule has 7 aromatic rings. The molecule has 4 aromatic carbocycles. The van der Waals surface area contributed by atoms with Gasteiger partial charge in [0.05, 0.1) is 59.0 Å². The van der Waals surface area contributed by atoms with Crippen molar-refractivity contribution in [2.75, 3.05) is 14.2 Å². The quantitative estimate of drug-likeness (QED) is 0.0787. The van der Waals surface area contributed by atoms with Gasteiger partial charge in [0.1, 0.15) is 22.9 Å². The van der Waals surface area contributed by atoms with Crippen molar-refractivity contribution >= 4 is 45.1 Å². The average Bonchev–Trinajstić information content (AvgIpc) is 3.70. The van der Waals surface area contributed by atoms with Gasteiger partial charge in [0, 0.05) is 24.3 Å². The summed E-state index contributed by atoms with van der Waals surface area (Å²) in [7, 11) is 2.96. The molecule has 0 saturated heterocycles. The smallest absolute Gasteiger partial charge is 0.363 e. The first-order chi connectivity index (χ1) is 26.1. The molecular weight excluding hydrogens is 702 g/mol. The Kier molecular flexibility index (Phi) is 9.33. The second-order valence-electron chi connectivity index (χ2n) is 11.7. The van der Waals surface area contributed by atoms with E-state index in [2.05, 4.69) is 15.2 Å². The molecule has 0 N–H and O–H groups in total. The van der Waals surface area contributed by atoms with E-state index in [1.165, 1.54) is 66.0 Å². The van der Waals surface area contributed by atoms with Gasteiger partial charge in [0.15, 0.2) is 0 Å². The van der Waals surface area contributed by atoms with Crippen LogP contribution in [0.5, 0.6) is 23.3 Å². The summed E-state index contributed by atoms with van der Waals surface area (Å²) >= 11 is 0. The number of ether oxygens (including phenoxy) is 4. The zero-order chi connectivity index (χ0) is 37.9. The first-order valence-electron chi connectivity index (χ1n) is 16.1. The fourth-order valence-corrected chi connectivity index (χ4v) is 5.73. The Morgan fingerprint density at radius 3 is 1.44 bits per heavy atom. The van der Waals surface area contributed by atoms with E-state index in [-0.39, 0.29) is 47.6 Å². The minimum absolute atomic E-state index is 0.0798. The lowest BCUT2D eigenvalue weighted by Gasteiger charge is -2.05. The number of pyridine rings is 1. The highest BCUT2D eigenvalue weighted by atomic mass is 16.6. The first-order valence-corrected chi connectivity index (χ1v) is 16.1. The van der Waals surface area contributed by atoms with Crippen molar-refractivity contribution in [3.8, 4) is 23.3 Å². The van der Waals surface area contributed by atoms with Crippen LogP contribution in [0.25, 0.3) is 21.8 Å². The van der Waals surface area contributed by atoms with E-state index in [1.54, 1.807) is 60.7 Å².